The summed E-state index contributed by atoms with van der Waals surface area (Å²) in [6.07, 6.45) is -10.4. The van der Waals surface area contributed by atoms with E-state index in [0.29, 0.717) is 0 Å². The van der Waals surface area contributed by atoms with E-state index in [1.165, 1.54) is 0 Å². The van der Waals surface area contributed by atoms with Crippen LogP contribution in [0.5, 0.6) is 0 Å². The van der Waals surface area contributed by atoms with Gasteiger partial charge in [0.25, 0.3) is 0 Å². The minimum Gasteiger partial charge on any atom is -0.268 e. The van der Waals surface area contributed by atoms with Gasteiger partial charge in [-0.05, 0) is 24.3 Å². The van der Waals surface area contributed by atoms with Crippen molar-refractivity contribution in [2.75, 3.05) is 0 Å². The van der Waals surface area contributed by atoms with Crippen LogP contribution in [0.15, 0.2) is 29.2 Å². The molecule has 0 radical (unpaired) electrons. The first-order valence-corrected chi connectivity index (χ1v) is 7.09. The Morgan fingerprint density at radius 2 is 1.26 bits per heavy atom. The molecule has 2 N–H and O–H groups in total. The third-order valence-electron chi connectivity index (χ3n) is 2.59. The smallest absolute Gasteiger partial charge is 0.268 e. The Kier molecular flexibility index (Phi) is 3.89. The van der Waals surface area contributed by atoms with E-state index in [-0.39, 0.29) is 4.57 Å². The molecule has 0 aliphatic heterocycles. The molecule has 23 heavy (non-hydrogen) atoms. The van der Waals surface area contributed by atoms with Crippen molar-refractivity contribution in [3.63, 3.8) is 0 Å². The first-order chi connectivity index (χ1) is 10.3. The first-order valence-electron chi connectivity index (χ1n) is 5.55. The molecular formula is C10H6F6N4O2S. The minimum atomic E-state index is -5.20. The van der Waals surface area contributed by atoms with Crippen LogP contribution in [0.25, 0.3) is 5.69 Å². The number of aromatic nitrogens is 3. The predicted molar refractivity (Wildman–Crippen MR) is 62.7 cm³/mol. The second kappa shape index (κ2) is 5.19. The Balaban J connectivity index is 2.68. The molecule has 0 aliphatic carbocycles. The quantitative estimate of drug-likeness (QED) is 0.829. The topological polar surface area (TPSA) is 90.9 Å². The number of sulfonamides is 1. The average Bonchev–Trinajstić information content (AvgIpc) is 2.82. The van der Waals surface area contributed by atoms with Crippen molar-refractivity contribution < 1.29 is 34.8 Å². The second-order valence-electron chi connectivity index (χ2n) is 4.22. The molecule has 0 aliphatic rings. The molecule has 1 aromatic heterocycles. The number of alkyl halides is 6. The monoisotopic (exact) mass is 360 g/mol. The van der Waals surface area contributed by atoms with Crippen molar-refractivity contribution in [3.8, 4) is 5.69 Å². The van der Waals surface area contributed by atoms with Gasteiger partial charge in [0.2, 0.25) is 21.7 Å². The van der Waals surface area contributed by atoms with Gasteiger partial charge in [0.05, 0.1) is 4.90 Å². The fraction of sp³-hybridized carbons (Fsp3) is 0.200. The minimum absolute atomic E-state index is 0.257. The molecule has 2 aromatic rings. The van der Waals surface area contributed by atoms with E-state index in [9.17, 15) is 34.8 Å². The first kappa shape index (κ1) is 17.2. The number of rotatable bonds is 2. The van der Waals surface area contributed by atoms with Gasteiger partial charge < -0.3 is 0 Å². The highest BCUT2D eigenvalue weighted by Crippen LogP contribution is 2.36. The number of hydrogen-bond donors (Lipinski definition) is 1. The molecule has 2 rings (SSSR count). The molecule has 126 valence electrons. The Labute approximate surface area is 124 Å². The van der Waals surface area contributed by atoms with Crippen LogP contribution >= 0.6 is 0 Å². The van der Waals surface area contributed by atoms with Gasteiger partial charge in [-0.15, -0.1) is 10.2 Å². The third-order valence-corrected chi connectivity index (χ3v) is 3.52. The molecule has 0 spiro atoms. The fourth-order valence-electron chi connectivity index (χ4n) is 1.68. The summed E-state index contributed by atoms with van der Waals surface area (Å²) in [5, 5.41) is 9.86. The SMILES string of the molecule is NS(=O)(=O)c1ccc(-n2c(C(F)(F)F)nnc2C(F)(F)F)cc1. The van der Waals surface area contributed by atoms with Crippen molar-refractivity contribution in [1.29, 1.82) is 0 Å². The largest absolute Gasteiger partial charge is 0.452 e. The zero-order valence-corrected chi connectivity index (χ0v) is 11.5. The van der Waals surface area contributed by atoms with Crippen molar-refractivity contribution in [1.82, 2.24) is 14.8 Å². The van der Waals surface area contributed by atoms with E-state index in [4.69, 9.17) is 5.14 Å². The van der Waals surface area contributed by atoms with Crippen LogP contribution < -0.4 is 5.14 Å². The second-order valence-corrected chi connectivity index (χ2v) is 5.78. The fourth-order valence-corrected chi connectivity index (χ4v) is 2.20. The number of nitrogens with two attached hydrogens (primary N) is 1. The summed E-state index contributed by atoms with van der Waals surface area (Å²) in [5.41, 5.74) is -0.623. The number of hydrogen-bond acceptors (Lipinski definition) is 4. The molecule has 0 saturated heterocycles. The maximum Gasteiger partial charge on any atom is 0.452 e. The van der Waals surface area contributed by atoms with Crippen molar-refractivity contribution >= 4 is 10.0 Å². The van der Waals surface area contributed by atoms with Gasteiger partial charge in [0, 0.05) is 5.69 Å². The number of nitrogens with zero attached hydrogens (tertiary/aromatic N) is 3. The summed E-state index contributed by atoms with van der Waals surface area (Å²) in [6, 6.07) is 3.00. The molecule has 6 nitrogen and oxygen atoms in total. The standard InChI is InChI=1S/C10H6F6N4O2S/c11-9(12,13)7-18-19-8(10(14,15)16)20(7)5-1-3-6(4-2-5)23(17,21)22/h1-4H,(H2,17,21,22). The van der Waals surface area contributed by atoms with Gasteiger partial charge in [-0.2, -0.15) is 26.3 Å². The summed E-state index contributed by atoms with van der Waals surface area (Å²) in [5.74, 6) is -3.79. The maximum absolute atomic E-state index is 12.8. The molecule has 0 unspecified atom stereocenters. The van der Waals surface area contributed by atoms with Crippen molar-refractivity contribution in [3.05, 3.63) is 35.9 Å². The normalized spacial score (nSPS) is 13.3. The lowest BCUT2D eigenvalue weighted by Crippen LogP contribution is -2.19. The third kappa shape index (κ3) is 3.44. The molecule has 0 amide bonds. The lowest BCUT2D eigenvalue weighted by molar-refractivity contribution is -0.153. The number of halogens is 6. The lowest BCUT2D eigenvalue weighted by Gasteiger charge is -2.13. The van der Waals surface area contributed by atoms with Crippen LogP contribution in [0.1, 0.15) is 11.6 Å². The van der Waals surface area contributed by atoms with Gasteiger partial charge in [0.1, 0.15) is 0 Å². The number of benzene rings is 1. The van der Waals surface area contributed by atoms with E-state index in [2.05, 4.69) is 10.2 Å². The Morgan fingerprint density at radius 1 is 0.870 bits per heavy atom. The van der Waals surface area contributed by atoms with Crippen LogP contribution in [0.3, 0.4) is 0 Å². The molecule has 1 aromatic carbocycles. The van der Waals surface area contributed by atoms with Crippen LogP contribution in [0.2, 0.25) is 0 Å². The highest BCUT2D eigenvalue weighted by Gasteiger charge is 2.45. The molecule has 0 atom stereocenters. The maximum atomic E-state index is 12.8. The molecular weight excluding hydrogens is 354 g/mol. The Hall–Kier alpha value is -2.15. The highest BCUT2D eigenvalue weighted by atomic mass is 32.2. The summed E-state index contributed by atoms with van der Waals surface area (Å²) in [4.78, 5) is -0.476. The van der Waals surface area contributed by atoms with Gasteiger partial charge in [-0.25, -0.2) is 13.6 Å². The van der Waals surface area contributed by atoms with Gasteiger partial charge in [-0.3, -0.25) is 4.57 Å². The summed E-state index contributed by atoms with van der Waals surface area (Å²) >= 11 is 0. The Morgan fingerprint density at radius 3 is 1.57 bits per heavy atom. The molecule has 0 saturated carbocycles. The predicted octanol–water partition coefficient (Wildman–Crippen LogP) is 1.95. The molecule has 13 heteroatoms. The van der Waals surface area contributed by atoms with Crippen LogP contribution in [-0.2, 0) is 22.4 Å². The zero-order chi connectivity index (χ0) is 17.6. The van der Waals surface area contributed by atoms with Gasteiger partial charge in [0.15, 0.2) is 0 Å². The van der Waals surface area contributed by atoms with Crippen LogP contribution in [-0.4, -0.2) is 23.2 Å². The van der Waals surface area contributed by atoms with E-state index in [1.54, 1.807) is 0 Å². The highest BCUT2D eigenvalue weighted by molar-refractivity contribution is 7.89. The van der Waals surface area contributed by atoms with Crippen LogP contribution in [0.4, 0.5) is 26.3 Å². The van der Waals surface area contributed by atoms with E-state index in [1.807, 2.05) is 0 Å². The lowest BCUT2D eigenvalue weighted by atomic mass is 10.3. The van der Waals surface area contributed by atoms with E-state index in [0.717, 1.165) is 24.3 Å². The van der Waals surface area contributed by atoms with Crippen molar-refractivity contribution in [2.24, 2.45) is 5.14 Å². The average molecular weight is 360 g/mol. The van der Waals surface area contributed by atoms with E-state index < -0.39 is 44.6 Å². The summed E-state index contributed by atoms with van der Waals surface area (Å²) in [7, 11) is -4.15. The van der Waals surface area contributed by atoms with Crippen LogP contribution in [0, 0.1) is 0 Å². The van der Waals surface area contributed by atoms with E-state index >= 15 is 0 Å². The number of primary sulfonamides is 1. The molecule has 0 fully saturated rings. The van der Waals surface area contributed by atoms with Gasteiger partial charge in [-0.1, -0.05) is 0 Å². The van der Waals surface area contributed by atoms with Gasteiger partial charge >= 0.3 is 12.4 Å². The molecule has 0 bridgehead atoms. The summed E-state index contributed by atoms with van der Waals surface area (Å²) in [6.45, 7) is 0. The molecule has 1 heterocycles. The zero-order valence-electron chi connectivity index (χ0n) is 10.7. The summed E-state index contributed by atoms with van der Waals surface area (Å²) < 4.78 is 98.7. The Bertz CT molecular complexity index is 791. The van der Waals surface area contributed by atoms with Crippen molar-refractivity contribution in [2.45, 2.75) is 17.2 Å².